The summed E-state index contributed by atoms with van der Waals surface area (Å²) in [6.07, 6.45) is 10.1. The van der Waals surface area contributed by atoms with Gasteiger partial charge in [0.25, 0.3) is 0 Å². The molecule has 0 spiro atoms. The second-order valence-electron chi connectivity index (χ2n) is 17.6. The average Bonchev–Trinajstić information content (AvgIpc) is 3.08. The summed E-state index contributed by atoms with van der Waals surface area (Å²) in [5.74, 6) is 2.30. The highest BCUT2D eigenvalue weighted by Gasteiger charge is 2.64. The van der Waals surface area contributed by atoms with E-state index in [-0.39, 0.29) is 33.0 Å². The summed E-state index contributed by atoms with van der Waals surface area (Å²) >= 11 is 0. The standard InChI is InChI=1S/C33H62O4Si2/c1-22(34)35-28-21-24-25-14-15-29(37-39(12,13)31(5,6)7)33(25,9)19-17-26(24)32(8)18-16-23(20-27(28)32)36-38(10,11)30(2,3)4/h23-29H,14-21H2,1-13H3/t23-,24-,25-,26-,27?,28-,29-,32+,33-/m0/s1. The Morgan fingerprint density at radius 1 is 0.718 bits per heavy atom. The van der Waals surface area contributed by atoms with E-state index in [1.807, 2.05) is 0 Å². The van der Waals surface area contributed by atoms with Gasteiger partial charge in [-0.1, -0.05) is 55.4 Å². The highest BCUT2D eigenvalue weighted by Crippen LogP contribution is 2.67. The number of hydrogen-bond donors (Lipinski definition) is 0. The number of ether oxygens (including phenoxy) is 1. The molecule has 4 fully saturated rings. The van der Waals surface area contributed by atoms with Gasteiger partial charge in [-0.2, -0.15) is 0 Å². The first-order chi connectivity index (χ1) is 17.6. The summed E-state index contributed by atoms with van der Waals surface area (Å²) in [7, 11) is -3.68. The lowest BCUT2D eigenvalue weighted by atomic mass is 9.44. The molecule has 1 unspecified atom stereocenters. The van der Waals surface area contributed by atoms with Gasteiger partial charge >= 0.3 is 5.97 Å². The Bertz CT molecular complexity index is 918. The number of fused-ring (bicyclic) bond motifs is 5. The van der Waals surface area contributed by atoms with Gasteiger partial charge in [0.1, 0.15) is 6.10 Å². The molecule has 4 rings (SSSR count). The molecule has 0 aromatic heterocycles. The predicted octanol–water partition coefficient (Wildman–Crippen LogP) is 9.35. The lowest BCUT2D eigenvalue weighted by Gasteiger charge is -2.63. The highest BCUT2D eigenvalue weighted by atomic mass is 28.4. The predicted molar refractivity (Wildman–Crippen MR) is 167 cm³/mol. The second-order valence-corrected chi connectivity index (χ2v) is 27.1. The summed E-state index contributed by atoms with van der Waals surface area (Å²) < 4.78 is 20.4. The molecule has 4 aliphatic rings. The van der Waals surface area contributed by atoms with Crippen LogP contribution in [0.25, 0.3) is 0 Å². The van der Waals surface area contributed by atoms with Gasteiger partial charge in [0.05, 0.1) is 6.10 Å². The summed E-state index contributed by atoms with van der Waals surface area (Å²) in [6.45, 7) is 30.4. The fourth-order valence-electron chi connectivity index (χ4n) is 8.95. The third-order valence-corrected chi connectivity index (χ3v) is 22.4. The van der Waals surface area contributed by atoms with Crippen LogP contribution in [-0.2, 0) is 18.4 Å². The first-order valence-electron chi connectivity index (χ1n) is 16.2. The zero-order valence-electron chi connectivity index (χ0n) is 27.8. The number of carbonyl (C=O) groups excluding carboxylic acids is 1. The molecule has 0 aliphatic heterocycles. The van der Waals surface area contributed by atoms with Gasteiger partial charge < -0.3 is 13.6 Å². The van der Waals surface area contributed by atoms with Crippen LogP contribution in [0.2, 0.25) is 36.3 Å². The molecule has 4 aliphatic carbocycles. The van der Waals surface area contributed by atoms with E-state index in [2.05, 4.69) is 81.6 Å². The van der Waals surface area contributed by atoms with E-state index >= 15 is 0 Å². The molecular weight excluding hydrogens is 517 g/mol. The van der Waals surface area contributed by atoms with Crippen LogP contribution in [0.5, 0.6) is 0 Å². The maximum absolute atomic E-state index is 12.4. The minimum atomic E-state index is -1.85. The smallest absolute Gasteiger partial charge is 0.302 e. The van der Waals surface area contributed by atoms with Crippen molar-refractivity contribution >= 4 is 22.6 Å². The van der Waals surface area contributed by atoms with Gasteiger partial charge in [-0.05, 0) is 116 Å². The van der Waals surface area contributed by atoms with Crippen molar-refractivity contribution in [2.24, 2.45) is 34.5 Å². The van der Waals surface area contributed by atoms with Crippen LogP contribution in [0, 0.1) is 34.5 Å². The Morgan fingerprint density at radius 3 is 1.82 bits per heavy atom. The Morgan fingerprint density at radius 2 is 1.26 bits per heavy atom. The molecule has 0 radical (unpaired) electrons. The third-order valence-electron chi connectivity index (χ3n) is 13.3. The fraction of sp³-hybridized carbons (Fsp3) is 0.970. The van der Waals surface area contributed by atoms with E-state index < -0.39 is 16.6 Å². The molecule has 0 bridgehead atoms. The SMILES string of the molecule is CC(=O)O[C@H]1C[C@H]2[C@@H]3CC[C@H](O[Si](C)(C)C(C)(C)C)[C@@]3(C)CC[C@@H]2[C@@]2(C)CC[C@H](O[Si](C)(C)C(C)(C)C)CC12. The quantitative estimate of drug-likeness (QED) is 0.241. The molecule has 226 valence electrons. The van der Waals surface area contributed by atoms with Crippen molar-refractivity contribution < 1.29 is 18.4 Å². The van der Waals surface area contributed by atoms with Crippen LogP contribution < -0.4 is 0 Å². The molecule has 0 aromatic rings. The molecule has 39 heavy (non-hydrogen) atoms. The molecule has 4 saturated carbocycles. The third kappa shape index (κ3) is 5.63. The van der Waals surface area contributed by atoms with Gasteiger partial charge in [-0.3, -0.25) is 4.79 Å². The Balaban J connectivity index is 1.58. The van der Waals surface area contributed by atoms with E-state index in [0.717, 1.165) is 19.3 Å². The molecule has 6 heteroatoms. The lowest BCUT2D eigenvalue weighted by Crippen LogP contribution is -2.60. The van der Waals surface area contributed by atoms with E-state index in [1.54, 1.807) is 6.92 Å². The minimum Gasteiger partial charge on any atom is -0.462 e. The van der Waals surface area contributed by atoms with E-state index in [1.165, 1.54) is 32.1 Å². The molecule has 0 heterocycles. The van der Waals surface area contributed by atoms with Crippen molar-refractivity contribution in [3.63, 3.8) is 0 Å². The topological polar surface area (TPSA) is 44.8 Å². The monoisotopic (exact) mass is 578 g/mol. The van der Waals surface area contributed by atoms with Gasteiger partial charge in [0, 0.05) is 18.9 Å². The van der Waals surface area contributed by atoms with E-state index in [4.69, 9.17) is 13.6 Å². The van der Waals surface area contributed by atoms with Crippen LogP contribution in [0.1, 0.15) is 114 Å². The average molecular weight is 579 g/mol. The number of rotatable bonds is 5. The Hall–Kier alpha value is -0.176. The summed E-state index contributed by atoms with van der Waals surface area (Å²) in [5.41, 5.74) is 0.458. The normalized spacial score (nSPS) is 41.4. The number of carbonyl (C=O) groups is 1. The van der Waals surface area contributed by atoms with Gasteiger partial charge in [-0.15, -0.1) is 0 Å². The van der Waals surface area contributed by atoms with Crippen LogP contribution in [0.4, 0.5) is 0 Å². The molecule has 0 aromatic carbocycles. The van der Waals surface area contributed by atoms with Gasteiger partial charge in [-0.25, -0.2) is 0 Å². The zero-order chi connectivity index (χ0) is 29.4. The van der Waals surface area contributed by atoms with Crippen LogP contribution >= 0.6 is 0 Å². The highest BCUT2D eigenvalue weighted by molar-refractivity contribution is 6.74. The van der Waals surface area contributed by atoms with Crippen molar-refractivity contribution in [2.75, 3.05) is 0 Å². The largest absolute Gasteiger partial charge is 0.462 e. The maximum Gasteiger partial charge on any atom is 0.302 e. The molecule has 0 amide bonds. The van der Waals surface area contributed by atoms with Gasteiger partial charge in [0.15, 0.2) is 16.6 Å². The van der Waals surface area contributed by atoms with Crippen molar-refractivity contribution in [1.82, 2.24) is 0 Å². The molecule has 0 N–H and O–H groups in total. The van der Waals surface area contributed by atoms with Crippen molar-refractivity contribution in [2.45, 2.75) is 168 Å². The summed E-state index contributed by atoms with van der Waals surface area (Å²) in [5, 5.41) is 0.440. The van der Waals surface area contributed by atoms with Crippen molar-refractivity contribution in [3.8, 4) is 0 Å². The van der Waals surface area contributed by atoms with Crippen LogP contribution in [0.15, 0.2) is 0 Å². The molecule has 0 saturated heterocycles. The molecule has 9 atom stereocenters. The number of hydrogen-bond acceptors (Lipinski definition) is 4. The molecular formula is C33H62O4Si2. The van der Waals surface area contributed by atoms with E-state index in [9.17, 15) is 4.79 Å². The lowest BCUT2D eigenvalue weighted by molar-refractivity contribution is -0.192. The first-order valence-corrected chi connectivity index (χ1v) is 22.0. The van der Waals surface area contributed by atoms with Crippen LogP contribution in [0.3, 0.4) is 0 Å². The minimum absolute atomic E-state index is 0.0160. The van der Waals surface area contributed by atoms with Crippen molar-refractivity contribution in [3.05, 3.63) is 0 Å². The Kier molecular flexibility index (Phi) is 8.32. The summed E-state index contributed by atoms with van der Waals surface area (Å²) in [4.78, 5) is 12.4. The Labute approximate surface area is 243 Å². The molecule has 4 nitrogen and oxygen atoms in total. The zero-order valence-corrected chi connectivity index (χ0v) is 29.8. The van der Waals surface area contributed by atoms with Crippen molar-refractivity contribution in [1.29, 1.82) is 0 Å². The maximum atomic E-state index is 12.4. The van der Waals surface area contributed by atoms with E-state index in [0.29, 0.717) is 35.9 Å². The first kappa shape index (κ1) is 31.8. The fourth-order valence-corrected chi connectivity index (χ4v) is 11.8. The second kappa shape index (κ2) is 10.2. The van der Waals surface area contributed by atoms with Gasteiger partial charge in [0.2, 0.25) is 0 Å². The number of esters is 1. The van der Waals surface area contributed by atoms with Crippen LogP contribution in [-0.4, -0.2) is 40.9 Å². The summed E-state index contributed by atoms with van der Waals surface area (Å²) in [6, 6.07) is 0.